The number of fused-ring (bicyclic) bond motifs is 5. The molecule has 4 rings (SSSR count). The number of rotatable bonds is 7. The lowest BCUT2D eigenvalue weighted by Gasteiger charge is -2.60. The molecule has 0 saturated heterocycles. The zero-order valence-electron chi connectivity index (χ0n) is 24.3. The average molecular weight is 533 g/mol. The van der Waals surface area contributed by atoms with Crippen LogP contribution in [0.5, 0.6) is 0 Å². The largest absolute Gasteiger partial charge is 0.463 e. The van der Waals surface area contributed by atoms with Crippen LogP contribution in [0.2, 0.25) is 0 Å². The van der Waals surface area contributed by atoms with Crippen LogP contribution in [0.3, 0.4) is 0 Å². The number of carbonyl (C=O) groups is 3. The molecule has 3 fully saturated rings. The van der Waals surface area contributed by atoms with Crippen LogP contribution in [-0.2, 0) is 23.9 Å². The van der Waals surface area contributed by atoms with Crippen molar-refractivity contribution in [2.75, 3.05) is 0 Å². The van der Waals surface area contributed by atoms with Crippen molar-refractivity contribution in [1.82, 2.24) is 0 Å². The summed E-state index contributed by atoms with van der Waals surface area (Å²) in [6.45, 7) is 12.8. The van der Waals surface area contributed by atoms with Crippen LogP contribution in [0.1, 0.15) is 106 Å². The maximum atomic E-state index is 13.6. The Hall–Kier alpha value is -1.73. The number of aliphatic hydroxyl groups is 2. The number of hydrogen-bond acceptors (Lipinski definition) is 7. The summed E-state index contributed by atoms with van der Waals surface area (Å²) >= 11 is 0. The topological polar surface area (TPSA) is 110 Å². The molecule has 0 amide bonds. The van der Waals surface area contributed by atoms with E-state index in [1.807, 2.05) is 0 Å². The molecule has 4 aliphatic rings. The second-order valence-corrected chi connectivity index (χ2v) is 13.9. The Morgan fingerprint density at radius 1 is 1.08 bits per heavy atom. The molecule has 0 aromatic heterocycles. The van der Waals surface area contributed by atoms with Crippen molar-refractivity contribution in [3.63, 3.8) is 0 Å². The van der Waals surface area contributed by atoms with Gasteiger partial charge >= 0.3 is 11.9 Å². The molecule has 9 atom stereocenters. The van der Waals surface area contributed by atoms with E-state index in [-0.39, 0.29) is 59.0 Å². The van der Waals surface area contributed by atoms with Gasteiger partial charge in [-0.2, -0.15) is 0 Å². The third kappa shape index (κ3) is 4.98. The normalized spacial score (nSPS) is 40.2. The smallest absolute Gasteiger partial charge is 0.302 e. The van der Waals surface area contributed by atoms with Gasteiger partial charge in [0.05, 0.1) is 11.2 Å². The highest BCUT2D eigenvalue weighted by atomic mass is 16.5. The molecule has 0 radical (unpaired) electrons. The summed E-state index contributed by atoms with van der Waals surface area (Å²) in [4.78, 5) is 37.1. The van der Waals surface area contributed by atoms with E-state index in [4.69, 9.17) is 9.47 Å². The summed E-state index contributed by atoms with van der Waals surface area (Å²) in [6, 6.07) is 0. The quantitative estimate of drug-likeness (QED) is 0.448. The molecule has 38 heavy (non-hydrogen) atoms. The number of ether oxygens (including phenoxy) is 2. The van der Waals surface area contributed by atoms with Gasteiger partial charge in [-0.1, -0.05) is 20.8 Å². The number of carbonyl (C=O) groups excluding carboxylic acids is 3. The summed E-state index contributed by atoms with van der Waals surface area (Å²) < 4.78 is 11.3. The fourth-order valence-electron chi connectivity index (χ4n) is 8.92. The lowest BCUT2D eigenvalue weighted by molar-refractivity contribution is -0.160. The molecular weight excluding hydrogens is 484 g/mol. The Kier molecular flexibility index (Phi) is 7.72. The minimum Gasteiger partial charge on any atom is -0.463 e. The Balaban J connectivity index is 1.61. The Labute approximate surface area is 227 Å². The van der Waals surface area contributed by atoms with Crippen LogP contribution in [0.25, 0.3) is 0 Å². The van der Waals surface area contributed by atoms with Crippen molar-refractivity contribution in [1.29, 1.82) is 0 Å². The lowest BCUT2D eigenvalue weighted by atomic mass is 9.46. The minimum absolute atomic E-state index is 0.000722. The maximum absolute atomic E-state index is 13.6. The molecule has 214 valence electrons. The van der Waals surface area contributed by atoms with Gasteiger partial charge in [0.15, 0.2) is 5.78 Å². The zero-order valence-corrected chi connectivity index (χ0v) is 24.3. The highest BCUT2D eigenvalue weighted by molar-refractivity contribution is 5.95. The highest BCUT2D eigenvalue weighted by Crippen LogP contribution is 2.68. The third-order valence-corrected chi connectivity index (χ3v) is 11.0. The van der Waals surface area contributed by atoms with E-state index in [0.29, 0.717) is 25.7 Å². The van der Waals surface area contributed by atoms with Gasteiger partial charge in [0.2, 0.25) is 0 Å². The Morgan fingerprint density at radius 2 is 1.76 bits per heavy atom. The fraction of sp³-hybridized carbons (Fsp3) is 0.839. The van der Waals surface area contributed by atoms with Crippen molar-refractivity contribution >= 4 is 17.7 Å². The van der Waals surface area contributed by atoms with Crippen molar-refractivity contribution < 1.29 is 34.1 Å². The molecule has 0 aromatic rings. The van der Waals surface area contributed by atoms with Crippen molar-refractivity contribution in [3.8, 4) is 0 Å². The highest BCUT2D eigenvalue weighted by Gasteiger charge is 2.66. The molecule has 0 aromatic carbocycles. The summed E-state index contributed by atoms with van der Waals surface area (Å²) in [7, 11) is 0. The van der Waals surface area contributed by atoms with Crippen LogP contribution in [0, 0.1) is 34.5 Å². The van der Waals surface area contributed by atoms with Gasteiger partial charge in [-0.25, -0.2) is 0 Å². The van der Waals surface area contributed by atoms with Gasteiger partial charge < -0.3 is 19.7 Å². The standard InChI is InChI=1S/C31H48O7/c1-18(27(38-20(3)33)11-12-28(4,5)35)22-10-15-31(36)24-17-26(34)25-16-21(37-19(2)32)8-13-29(25,6)23(24)9-14-30(22,31)7/h17-18,21-23,25,27,35-36H,8-16H2,1-7H3. The zero-order chi connectivity index (χ0) is 28.3. The third-order valence-electron chi connectivity index (χ3n) is 11.0. The molecule has 3 saturated carbocycles. The van der Waals surface area contributed by atoms with Crippen LogP contribution in [-0.4, -0.2) is 51.3 Å². The van der Waals surface area contributed by atoms with E-state index in [1.54, 1.807) is 19.9 Å². The van der Waals surface area contributed by atoms with Gasteiger partial charge in [-0.05, 0) is 106 Å². The monoisotopic (exact) mass is 532 g/mol. The first kappa shape index (κ1) is 29.3. The summed E-state index contributed by atoms with van der Waals surface area (Å²) in [5, 5.41) is 22.8. The molecule has 0 aliphatic heterocycles. The molecular formula is C31H48O7. The molecule has 2 N–H and O–H groups in total. The van der Waals surface area contributed by atoms with E-state index in [2.05, 4.69) is 20.8 Å². The minimum atomic E-state index is -1.08. The second-order valence-electron chi connectivity index (χ2n) is 13.9. The molecule has 0 bridgehead atoms. The van der Waals surface area contributed by atoms with Gasteiger partial charge in [0.1, 0.15) is 12.2 Å². The predicted octanol–water partition coefficient (Wildman–Crippen LogP) is 4.91. The van der Waals surface area contributed by atoms with Gasteiger partial charge in [0, 0.05) is 25.2 Å². The van der Waals surface area contributed by atoms with Gasteiger partial charge in [-0.3, -0.25) is 14.4 Å². The van der Waals surface area contributed by atoms with E-state index >= 15 is 0 Å². The maximum Gasteiger partial charge on any atom is 0.302 e. The number of hydrogen-bond donors (Lipinski definition) is 2. The first-order valence-corrected chi connectivity index (χ1v) is 14.6. The van der Waals surface area contributed by atoms with Gasteiger partial charge in [0.25, 0.3) is 0 Å². The fourth-order valence-corrected chi connectivity index (χ4v) is 8.92. The van der Waals surface area contributed by atoms with E-state index in [0.717, 1.165) is 37.7 Å². The predicted molar refractivity (Wildman–Crippen MR) is 143 cm³/mol. The van der Waals surface area contributed by atoms with Crippen molar-refractivity contribution in [3.05, 3.63) is 11.6 Å². The van der Waals surface area contributed by atoms with Crippen molar-refractivity contribution in [2.45, 2.75) is 130 Å². The first-order chi connectivity index (χ1) is 17.5. The lowest BCUT2D eigenvalue weighted by Crippen LogP contribution is -2.59. The number of esters is 2. The molecule has 0 heterocycles. The van der Waals surface area contributed by atoms with E-state index < -0.39 is 16.6 Å². The second kappa shape index (κ2) is 10.0. The molecule has 7 heteroatoms. The SMILES string of the molecule is CC(=O)OC1CCC2(C)C(C1)C(=O)C=C1C2CCC2(C)C(C(C)C(CCC(C)(C)O)OC(C)=O)CCC12O. The molecule has 4 aliphatic carbocycles. The van der Waals surface area contributed by atoms with Crippen LogP contribution in [0.15, 0.2) is 11.6 Å². The molecule has 9 unspecified atom stereocenters. The average Bonchev–Trinajstić information content (AvgIpc) is 3.07. The van der Waals surface area contributed by atoms with Crippen LogP contribution < -0.4 is 0 Å². The summed E-state index contributed by atoms with van der Waals surface area (Å²) in [5.74, 6) is -0.554. The van der Waals surface area contributed by atoms with Crippen LogP contribution >= 0.6 is 0 Å². The molecule has 0 spiro atoms. The Bertz CT molecular complexity index is 995. The first-order valence-electron chi connectivity index (χ1n) is 14.6. The van der Waals surface area contributed by atoms with Gasteiger partial charge in [-0.15, -0.1) is 0 Å². The summed E-state index contributed by atoms with van der Waals surface area (Å²) in [5.41, 5.74) is -1.74. The summed E-state index contributed by atoms with van der Waals surface area (Å²) in [6.07, 6.45) is 7.45. The van der Waals surface area contributed by atoms with Crippen LogP contribution in [0.4, 0.5) is 0 Å². The molecule has 7 nitrogen and oxygen atoms in total. The van der Waals surface area contributed by atoms with Crippen molar-refractivity contribution in [2.24, 2.45) is 34.5 Å². The Morgan fingerprint density at radius 3 is 2.37 bits per heavy atom. The van der Waals surface area contributed by atoms with E-state index in [1.165, 1.54) is 13.8 Å². The number of allylic oxidation sites excluding steroid dienone is 1. The van der Waals surface area contributed by atoms with E-state index in [9.17, 15) is 24.6 Å². The number of ketones is 1.